The summed E-state index contributed by atoms with van der Waals surface area (Å²) in [7, 11) is 0. The number of aromatic nitrogens is 1. The average molecular weight is 178 g/mol. The van der Waals surface area contributed by atoms with Crippen LogP contribution in [0.5, 0.6) is 0 Å². The maximum Gasteiger partial charge on any atom is 0.523 e. The lowest BCUT2D eigenvalue weighted by atomic mass is 10.6. The van der Waals surface area contributed by atoms with E-state index in [9.17, 15) is 0 Å². The fraction of sp³-hybridized carbons (Fsp3) is 0.250. The molecule has 1 N–H and O–H groups in total. The van der Waals surface area contributed by atoms with E-state index in [4.69, 9.17) is 10.5 Å². The highest BCUT2D eigenvalue weighted by molar-refractivity contribution is 7.15. The molecule has 6 heteroatoms. The van der Waals surface area contributed by atoms with E-state index in [1.54, 1.807) is 0 Å². The summed E-state index contributed by atoms with van der Waals surface area (Å²) in [6.07, 6.45) is 1.47. The predicted octanol–water partition coefficient (Wildman–Crippen LogP) is -1.88. The molecule has 1 aromatic heterocycles. The van der Waals surface area contributed by atoms with E-state index in [-0.39, 0.29) is 24.1 Å². The van der Waals surface area contributed by atoms with Gasteiger partial charge in [0.25, 0.3) is 0 Å². The van der Waals surface area contributed by atoms with Gasteiger partial charge in [-0.3, -0.25) is 0 Å². The zero-order valence-corrected chi connectivity index (χ0v) is 6.43. The Morgan fingerprint density at radius 3 is 2.80 bits per heavy atom. The van der Waals surface area contributed by atoms with E-state index in [0.717, 1.165) is 11.3 Å². The summed E-state index contributed by atoms with van der Waals surface area (Å²) in [6, 6.07) is 0. The minimum atomic E-state index is -0.0484. The molecule has 1 heterocycles. The number of aliphatic hydroxyl groups excluding tert-OH is 1. The number of diazo groups is 1. The highest BCUT2D eigenvalue weighted by Gasteiger charge is 2.09. The second-order valence-electron chi connectivity index (χ2n) is 1.37. The Labute approximate surface area is 67.6 Å². The van der Waals surface area contributed by atoms with Crippen molar-refractivity contribution in [1.29, 1.82) is 5.39 Å². The van der Waals surface area contributed by atoms with Crippen LogP contribution in [0.4, 0.5) is 5.13 Å². The molecule has 0 amide bonds. The van der Waals surface area contributed by atoms with Crippen LogP contribution < -0.4 is 12.4 Å². The number of nitrogens with zero attached hydrogens (tertiary/aromatic N) is 3. The van der Waals surface area contributed by atoms with E-state index in [2.05, 4.69) is 9.96 Å². The Balaban J connectivity index is 0.000000810. The predicted molar refractivity (Wildman–Crippen MR) is 32.8 cm³/mol. The van der Waals surface area contributed by atoms with Crippen molar-refractivity contribution < 1.29 is 17.5 Å². The van der Waals surface area contributed by atoms with Gasteiger partial charge in [-0.15, -0.1) is 0 Å². The molecule has 1 aromatic rings. The molecule has 0 fully saturated rings. The minimum Gasteiger partial charge on any atom is -1.00 e. The molecule has 0 aliphatic carbocycles. The van der Waals surface area contributed by atoms with Crippen molar-refractivity contribution in [2.45, 2.75) is 6.61 Å². The first kappa shape index (κ1) is 9.30. The second-order valence-corrected chi connectivity index (χ2v) is 2.46. The van der Waals surface area contributed by atoms with Crippen LogP contribution in [0.15, 0.2) is 6.20 Å². The summed E-state index contributed by atoms with van der Waals surface area (Å²) >= 11 is 1.16. The van der Waals surface area contributed by atoms with Crippen molar-refractivity contribution in [3.05, 3.63) is 16.0 Å². The molecule has 0 unspecified atom stereocenters. The number of halogens is 1. The average Bonchev–Trinajstić information content (AvgIpc) is 2.34. The van der Waals surface area contributed by atoms with E-state index in [1.807, 2.05) is 0 Å². The van der Waals surface area contributed by atoms with E-state index in [0.29, 0.717) is 4.88 Å². The van der Waals surface area contributed by atoms with Crippen LogP contribution in [0.2, 0.25) is 0 Å². The van der Waals surface area contributed by atoms with Crippen molar-refractivity contribution >= 4 is 16.5 Å². The minimum absolute atomic E-state index is 0. The van der Waals surface area contributed by atoms with Crippen molar-refractivity contribution in [3.63, 3.8) is 0 Å². The largest absolute Gasteiger partial charge is 1.00 e. The molecule has 54 valence electrons. The molecule has 0 aliphatic heterocycles. The van der Waals surface area contributed by atoms with Crippen LogP contribution in [0.1, 0.15) is 4.88 Å². The molecule has 0 radical (unpaired) electrons. The van der Waals surface area contributed by atoms with Crippen LogP contribution in [0.3, 0.4) is 0 Å². The number of hydrogen-bond donors (Lipinski definition) is 1. The Hall–Kier alpha value is -0.700. The zero-order valence-electron chi connectivity index (χ0n) is 4.86. The monoisotopic (exact) mass is 177 g/mol. The van der Waals surface area contributed by atoms with Gasteiger partial charge < -0.3 is 17.5 Å². The number of rotatable bonds is 1. The van der Waals surface area contributed by atoms with Crippen molar-refractivity contribution in [2.24, 2.45) is 0 Å². The summed E-state index contributed by atoms with van der Waals surface area (Å²) in [6.45, 7) is -0.0484. The van der Waals surface area contributed by atoms with E-state index in [1.165, 1.54) is 6.20 Å². The maximum atomic E-state index is 8.49. The molecule has 4 nitrogen and oxygen atoms in total. The smallest absolute Gasteiger partial charge is 0.523 e. The molecule has 10 heavy (non-hydrogen) atoms. The lowest BCUT2D eigenvalue weighted by Crippen LogP contribution is -3.00. The summed E-state index contributed by atoms with van der Waals surface area (Å²) in [5.41, 5.74) is 0. The number of thiazole rings is 1. The lowest BCUT2D eigenvalue weighted by Gasteiger charge is -1.73. The van der Waals surface area contributed by atoms with Crippen molar-refractivity contribution in [3.8, 4) is 0 Å². The summed E-state index contributed by atoms with van der Waals surface area (Å²) in [5.74, 6) is 0. The van der Waals surface area contributed by atoms with Gasteiger partial charge in [0.1, 0.15) is 0 Å². The standard InChI is InChI=1S/C4H4N3OS.ClH/c5-7-4-6-1-3(2-8)9-4;/h1,8H,2H2;1H/q+1;/p-1. The normalized spacial score (nSPS) is 8.00. The summed E-state index contributed by atoms with van der Waals surface area (Å²) < 4.78 is 0. The number of hydrogen-bond acceptors (Lipinski definition) is 4. The van der Waals surface area contributed by atoms with Crippen LogP contribution in [0, 0.1) is 5.39 Å². The number of aliphatic hydroxyl groups is 1. The fourth-order valence-corrected chi connectivity index (χ4v) is 0.967. The molecule has 0 saturated heterocycles. The Morgan fingerprint density at radius 1 is 1.80 bits per heavy atom. The van der Waals surface area contributed by atoms with Crippen LogP contribution in [0.25, 0.3) is 4.98 Å². The van der Waals surface area contributed by atoms with Crippen LogP contribution >= 0.6 is 11.3 Å². The maximum absolute atomic E-state index is 8.49. The molecule has 0 bridgehead atoms. The van der Waals surface area contributed by atoms with Crippen molar-refractivity contribution in [1.82, 2.24) is 4.98 Å². The van der Waals surface area contributed by atoms with E-state index < -0.39 is 0 Å². The first-order chi connectivity index (χ1) is 4.36. The Kier molecular flexibility index (Phi) is 3.88. The van der Waals surface area contributed by atoms with Gasteiger partial charge in [-0.25, -0.2) is 0 Å². The van der Waals surface area contributed by atoms with Gasteiger partial charge in [-0.1, -0.05) is 0 Å². The SMILES string of the molecule is N#[N+]c1ncc(CO)s1.[Cl-]. The third kappa shape index (κ3) is 1.92. The van der Waals surface area contributed by atoms with Gasteiger partial charge in [-0.2, -0.15) is 0 Å². The summed E-state index contributed by atoms with van der Waals surface area (Å²) in [4.78, 5) is 7.18. The van der Waals surface area contributed by atoms with Gasteiger partial charge in [-0.05, 0) is 16.3 Å². The second kappa shape index (κ2) is 4.17. The summed E-state index contributed by atoms with van der Waals surface area (Å²) in [5, 5.41) is 16.9. The molecule has 0 aliphatic rings. The van der Waals surface area contributed by atoms with Crippen LogP contribution in [-0.4, -0.2) is 10.1 Å². The fourth-order valence-electron chi connectivity index (χ4n) is 0.417. The molecular formula is C4H4ClN3OS. The van der Waals surface area contributed by atoms with Gasteiger partial charge in [0.05, 0.1) is 16.9 Å². The third-order valence-electron chi connectivity index (χ3n) is 0.783. The molecular weight excluding hydrogens is 174 g/mol. The van der Waals surface area contributed by atoms with E-state index >= 15 is 0 Å². The van der Waals surface area contributed by atoms with Gasteiger partial charge in [0.15, 0.2) is 6.20 Å². The zero-order chi connectivity index (χ0) is 6.69. The highest BCUT2D eigenvalue weighted by atomic mass is 35.5. The topological polar surface area (TPSA) is 61.3 Å². The molecule has 0 atom stereocenters. The van der Waals surface area contributed by atoms with Gasteiger partial charge in [0.2, 0.25) is 0 Å². The first-order valence-electron chi connectivity index (χ1n) is 2.27. The van der Waals surface area contributed by atoms with Crippen molar-refractivity contribution in [2.75, 3.05) is 0 Å². The third-order valence-corrected chi connectivity index (χ3v) is 1.65. The van der Waals surface area contributed by atoms with Crippen LogP contribution in [-0.2, 0) is 6.61 Å². The van der Waals surface area contributed by atoms with Gasteiger partial charge in [0, 0.05) is 4.98 Å². The molecule has 0 saturated carbocycles. The first-order valence-corrected chi connectivity index (χ1v) is 3.09. The highest BCUT2D eigenvalue weighted by Crippen LogP contribution is 2.19. The Morgan fingerprint density at radius 2 is 2.50 bits per heavy atom. The molecule has 0 aromatic carbocycles. The molecule has 1 rings (SSSR count). The Bertz CT molecular complexity index is 243. The van der Waals surface area contributed by atoms with Gasteiger partial charge >= 0.3 is 5.13 Å². The quantitative estimate of drug-likeness (QED) is 0.511. The lowest BCUT2D eigenvalue weighted by molar-refractivity contribution is -0.00000306. The molecule has 0 spiro atoms.